The van der Waals surface area contributed by atoms with E-state index in [2.05, 4.69) is 22.0 Å². The molecule has 7 nitrogen and oxygen atoms in total. The van der Waals surface area contributed by atoms with Gasteiger partial charge in [0, 0.05) is 0 Å². The smallest absolute Gasteiger partial charge is 0.225 e. The fraction of sp³-hybridized carbons (Fsp3) is 0.500. The van der Waals surface area contributed by atoms with Crippen molar-refractivity contribution in [2.75, 3.05) is 20.7 Å². The van der Waals surface area contributed by atoms with E-state index in [1.54, 1.807) is 7.11 Å². The number of nitrogens with two attached hydrogens (primary N) is 1. The van der Waals surface area contributed by atoms with E-state index in [0.717, 1.165) is 36.6 Å². The maximum Gasteiger partial charge on any atom is 0.225 e. The van der Waals surface area contributed by atoms with Gasteiger partial charge in [-0.1, -0.05) is 12.8 Å². The summed E-state index contributed by atoms with van der Waals surface area (Å²) in [4.78, 5) is 18.3. The van der Waals surface area contributed by atoms with E-state index in [1.165, 1.54) is 12.8 Å². The van der Waals surface area contributed by atoms with Gasteiger partial charge < -0.3 is 10.5 Å². The minimum Gasteiger partial charge on any atom is -0.497 e. The lowest BCUT2D eigenvalue weighted by Crippen LogP contribution is -2.26. The van der Waals surface area contributed by atoms with Crippen LogP contribution in [0.15, 0.2) is 24.3 Å². The van der Waals surface area contributed by atoms with Gasteiger partial charge in [0.2, 0.25) is 5.91 Å². The summed E-state index contributed by atoms with van der Waals surface area (Å²) in [5.41, 5.74) is 6.24. The van der Waals surface area contributed by atoms with Crippen LogP contribution in [-0.2, 0) is 11.2 Å². The zero-order chi connectivity index (χ0) is 17.8. The topological polar surface area (TPSA) is 86.3 Å². The minimum atomic E-state index is -0.423. The van der Waals surface area contributed by atoms with Crippen LogP contribution in [0.25, 0.3) is 5.69 Å². The lowest BCUT2D eigenvalue weighted by atomic mass is 10.1. The Morgan fingerprint density at radius 1 is 1.28 bits per heavy atom. The fourth-order valence-corrected chi connectivity index (χ4v) is 3.31. The molecule has 134 valence electrons. The van der Waals surface area contributed by atoms with Crippen molar-refractivity contribution in [2.24, 2.45) is 5.73 Å². The van der Waals surface area contributed by atoms with Crippen molar-refractivity contribution in [2.45, 2.75) is 38.1 Å². The van der Waals surface area contributed by atoms with Crippen molar-refractivity contribution in [1.29, 1.82) is 0 Å². The van der Waals surface area contributed by atoms with Crippen LogP contribution in [0.1, 0.15) is 43.4 Å². The quantitative estimate of drug-likeness (QED) is 0.895. The molecule has 0 radical (unpaired) electrons. The summed E-state index contributed by atoms with van der Waals surface area (Å²) in [7, 11) is 3.76. The normalized spacial score (nSPS) is 18.7. The Morgan fingerprint density at radius 2 is 2.04 bits per heavy atom. The molecule has 2 aromatic rings. The first kappa shape index (κ1) is 17.4. The van der Waals surface area contributed by atoms with Crippen LogP contribution in [0.2, 0.25) is 0 Å². The molecule has 0 spiro atoms. The molecule has 1 aromatic heterocycles. The molecule has 1 fully saturated rings. The van der Waals surface area contributed by atoms with E-state index in [4.69, 9.17) is 10.5 Å². The van der Waals surface area contributed by atoms with Crippen LogP contribution in [0.3, 0.4) is 0 Å². The highest BCUT2D eigenvalue weighted by molar-refractivity contribution is 5.75. The van der Waals surface area contributed by atoms with Crippen molar-refractivity contribution in [3.05, 3.63) is 35.9 Å². The van der Waals surface area contributed by atoms with E-state index >= 15 is 0 Å². The average Bonchev–Trinajstić information content (AvgIpc) is 2.88. The highest BCUT2D eigenvalue weighted by Crippen LogP contribution is 2.29. The van der Waals surface area contributed by atoms with Crippen LogP contribution < -0.4 is 10.5 Å². The van der Waals surface area contributed by atoms with Gasteiger partial charge in [0.15, 0.2) is 5.82 Å². The molecule has 1 aliphatic rings. The summed E-state index contributed by atoms with van der Waals surface area (Å²) in [5, 5.41) is 4.55. The maximum absolute atomic E-state index is 11.3. The summed E-state index contributed by atoms with van der Waals surface area (Å²) in [5.74, 6) is 1.70. The third-order valence-electron chi connectivity index (χ3n) is 4.64. The molecular formula is C18H25N5O2. The predicted octanol–water partition coefficient (Wildman–Crippen LogP) is 1.85. The first-order valence-corrected chi connectivity index (χ1v) is 8.67. The van der Waals surface area contributed by atoms with Gasteiger partial charge in [0.05, 0.1) is 25.3 Å². The van der Waals surface area contributed by atoms with Gasteiger partial charge in [-0.25, -0.2) is 9.67 Å². The molecule has 1 aliphatic heterocycles. The highest BCUT2D eigenvalue weighted by Gasteiger charge is 2.26. The number of benzene rings is 1. The first-order valence-electron chi connectivity index (χ1n) is 8.67. The zero-order valence-electron chi connectivity index (χ0n) is 14.8. The fourth-order valence-electron chi connectivity index (χ4n) is 3.31. The van der Waals surface area contributed by atoms with Crippen molar-refractivity contribution >= 4 is 5.91 Å². The van der Waals surface area contributed by atoms with Crippen molar-refractivity contribution in [3.63, 3.8) is 0 Å². The van der Waals surface area contributed by atoms with Crippen LogP contribution in [-0.4, -0.2) is 46.3 Å². The summed E-state index contributed by atoms with van der Waals surface area (Å²) in [6, 6.07) is 7.86. The summed E-state index contributed by atoms with van der Waals surface area (Å²) >= 11 is 0. The first-order chi connectivity index (χ1) is 12.1. The summed E-state index contributed by atoms with van der Waals surface area (Å²) in [6.07, 6.45) is 4.66. The van der Waals surface area contributed by atoms with E-state index in [1.807, 2.05) is 28.9 Å². The number of hydrogen-bond acceptors (Lipinski definition) is 5. The van der Waals surface area contributed by atoms with Gasteiger partial charge >= 0.3 is 0 Å². The monoisotopic (exact) mass is 343 g/mol. The highest BCUT2D eigenvalue weighted by atomic mass is 16.5. The van der Waals surface area contributed by atoms with Crippen LogP contribution in [0, 0.1) is 0 Å². The SMILES string of the molecule is COc1ccc(-n2nc(CC(N)=O)nc2C2CCCCCN2C)cc1. The molecule has 3 rings (SSSR count). The minimum absolute atomic E-state index is 0.0482. The number of carbonyl (C=O) groups is 1. The molecule has 2 N–H and O–H groups in total. The lowest BCUT2D eigenvalue weighted by Gasteiger charge is -2.25. The zero-order valence-corrected chi connectivity index (χ0v) is 14.8. The number of methoxy groups -OCH3 is 1. The van der Waals surface area contributed by atoms with E-state index in [-0.39, 0.29) is 12.5 Å². The Labute approximate surface area is 147 Å². The van der Waals surface area contributed by atoms with Gasteiger partial charge in [0.25, 0.3) is 0 Å². The van der Waals surface area contributed by atoms with Gasteiger partial charge in [-0.2, -0.15) is 5.10 Å². The number of likely N-dealkylation sites (tertiary alicyclic amines) is 1. The van der Waals surface area contributed by atoms with E-state index in [9.17, 15) is 4.79 Å². The van der Waals surface area contributed by atoms with Gasteiger partial charge in [-0.15, -0.1) is 0 Å². The molecule has 7 heteroatoms. The number of aromatic nitrogens is 3. The Hall–Kier alpha value is -2.41. The van der Waals surface area contributed by atoms with Gasteiger partial charge in [-0.05, 0) is 50.7 Å². The van der Waals surface area contributed by atoms with Crippen LogP contribution in [0.5, 0.6) is 5.75 Å². The standard InChI is InChI=1S/C18H25N5O2/c1-22-11-5-3-4-6-15(22)18-20-17(12-16(19)24)21-23(18)13-7-9-14(25-2)10-8-13/h7-10,15H,3-6,11-12H2,1-2H3,(H2,19,24). The Morgan fingerprint density at radius 3 is 2.72 bits per heavy atom. The molecule has 0 saturated carbocycles. The Balaban J connectivity index is 2.01. The number of hydrogen-bond donors (Lipinski definition) is 1. The largest absolute Gasteiger partial charge is 0.497 e. The van der Waals surface area contributed by atoms with Crippen LogP contribution >= 0.6 is 0 Å². The molecular weight excluding hydrogens is 318 g/mol. The van der Waals surface area contributed by atoms with Crippen molar-refractivity contribution < 1.29 is 9.53 Å². The second-order valence-corrected chi connectivity index (χ2v) is 6.48. The Bertz CT molecular complexity index is 726. The average molecular weight is 343 g/mol. The number of carbonyl (C=O) groups excluding carboxylic acids is 1. The molecule has 1 aromatic carbocycles. The summed E-state index contributed by atoms with van der Waals surface area (Å²) in [6.45, 7) is 1.03. The molecule has 0 aliphatic carbocycles. The number of amides is 1. The van der Waals surface area contributed by atoms with E-state index < -0.39 is 5.91 Å². The predicted molar refractivity (Wildman–Crippen MR) is 94.6 cm³/mol. The van der Waals surface area contributed by atoms with E-state index in [0.29, 0.717) is 5.82 Å². The number of rotatable bonds is 5. The Kier molecular flexibility index (Phi) is 5.33. The number of primary amides is 1. The number of nitrogens with zero attached hydrogens (tertiary/aromatic N) is 4. The van der Waals surface area contributed by atoms with Crippen LogP contribution in [0.4, 0.5) is 0 Å². The molecule has 1 unspecified atom stereocenters. The molecule has 2 heterocycles. The molecule has 0 bridgehead atoms. The number of ether oxygens (including phenoxy) is 1. The maximum atomic E-state index is 11.3. The lowest BCUT2D eigenvalue weighted by molar-refractivity contribution is -0.117. The summed E-state index contributed by atoms with van der Waals surface area (Å²) < 4.78 is 7.07. The molecule has 1 atom stereocenters. The molecule has 1 saturated heterocycles. The third kappa shape index (κ3) is 3.99. The molecule has 1 amide bonds. The van der Waals surface area contributed by atoms with Gasteiger partial charge in [0.1, 0.15) is 11.6 Å². The van der Waals surface area contributed by atoms with Crippen molar-refractivity contribution in [3.8, 4) is 11.4 Å². The second kappa shape index (κ2) is 7.65. The third-order valence-corrected chi connectivity index (χ3v) is 4.64. The van der Waals surface area contributed by atoms with Crippen molar-refractivity contribution in [1.82, 2.24) is 19.7 Å². The second-order valence-electron chi connectivity index (χ2n) is 6.48. The molecule has 25 heavy (non-hydrogen) atoms. The van der Waals surface area contributed by atoms with Gasteiger partial charge in [-0.3, -0.25) is 9.69 Å².